The monoisotopic (exact) mass is 440 g/mol. The highest BCUT2D eigenvalue weighted by Crippen LogP contribution is 2.15. The van der Waals surface area contributed by atoms with Crippen LogP contribution in [0.1, 0.15) is 12.0 Å². The molecule has 1 fully saturated rings. The summed E-state index contributed by atoms with van der Waals surface area (Å²) in [4.78, 5) is 16.7. The van der Waals surface area contributed by atoms with Gasteiger partial charge in [-0.25, -0.2) is 5.43 Å². The molecule has 1 aliphatic rings. The number of rotatable bonds is 7. The van der Waals surface area contributed by atoms with Crippen LogP contribution in [-0.2, 0) is 4.79 Å². The summed E-state index contributed by atoms with van der Waals surface area (Å²) in [6.07, 6.45) is 3.99. The summed E-state index contributed by atoms with van der Waals surface area (Å²) in [6.45, 7) is 4.67. The SMILES string of the molecule is O=C(CCN1CCN(c2ccccc2)CC1)N/N=C/C(Br)=C/c1ccccc1. The highest BCUT2D eigenvalue weighted by atomic mass is 79.9. The molecule has 6 heteroatoms. The number of hydrogen-bond acceptors (Lipinski definition) is 4. The van der Waals surface area contributed by atoms with E-state index in [2.05, 4.69) is 60.5 Å². The van der Waals surface area contributed by atoms with Crippen LogP contribution in [0.4, 0.5) is 5.69 Å². The average Bonchev–Trinajstić information content (AvgIpc) is 2.74. The van der Waals surface area contributed by atoms with E-state index in [1.54, 1.807) is 6.21 Å². The molecule has 1 aliphatic heterocycles. The summed E-state index contributed by atoms with van der Waals surface area (Å²) < 4.78 is 0.802. The molecule has 2 aromatic rings. The van der Waals surface area contributed by atoms with Crippen LogP contribution in [0.5, 0.6) is 0 Å². The van der Waals surface area contributed by atoms with E-state index >= 15 is 0 Å². The van der Waals surface area contributed by atoms with Crippen LogP contribution in [0.15, 0.2) is 70.2 Å². The molecule has 28 heavy (non-hydrogen) atoms. The van der Waals surface area contributed by atoms with Gasteiger partial charge in [0.15, 0.2) is 0 Å². The standard InChI is InChI=1S/C22H25BrN4O/c23-20(17-19-7-3-1-4-8-19)18-24-25-22(28)11-12-26-13-15-27(16-14-26)21-9-5-2-6-10-21/h1-10,17-18H,11-16H2,(H,25,28)/b20-17-,24-18+. The summed E-state index contributed by atoms with van der Waals surface area (Å²) in [5.41, 5.74) is 4.93. The minimum Gasteiger partial charge on any atom is -0.369 e. The van der Waals surface area contributed by atoms with Crippen molar-refractivity contribution >= 4 is 39.8 Å². The van der Waals surface area contributed by atoms with Crippen LogP contribution in [0.2, 0.25) is 0 Å². The Hall–Kier alpha value is -2.44. The molecule has 0 spiro atoms. The van der Waals surface area contributed by atoms with Crippen molar-refractivity contribution < 1.29 is 4.79 Å². The van der Waals surface area contributed by atoms with E-state index in [-0.39, 0.29) is 5.91 Å². The predicted molar refractivity (Wildman–Crippen MR) is 120 cm³/mol. The number of anilines is 1. The fourth-order valence-electron chi connectivity index (χ4n) is 3.10. The van der Waals surface area contributed by atoms with Crippen molar-refractivity contribution in [2.75, 3.05) is 37.6 Å². The lowest BCUT2D eigenvalue weighted by atomic mass is 10.2. The van der Waals surface area contributed by atoms with E-state index in [9.17, 15) is 4.79 Å². The van der Waals surface area contributed by atoms with Crippen LogP contribution in [0.25, 0.3) is 6.08 Å². The lowest BCUT2D eigenvalue weighted by Crippen LogP contribution is -2.47. The van der Waals surface area contributed by atoms with Crippen molar-refractivity contribution in [1.29, 1.82) is 0 Å². The quantitative estimate of drug-likeness (QED) is 0.526. The van der Waals surface area contributed by atoms with Crippen LogP contribution in [0, 0.1) is 0 Å². The van der Waals surface area contributed by atoms with Crippen LogP contribution >= 0.6 is 15.9 Å². The Balaban J connectivity index is 1.35. The first-order valence-corrected chi connectivity index (χ1v) is 10.3. The molecular formula is C22H25BrN4O. The third-order valence-electron chi connectivity index (χ3n) is 4.63. The predicted octanol–water partition coefficient (Wildman–Crippen LogP) is 3.74. The van der Waals surface area contributed by atoms with Gasteiger partial charge < -0.3 is 4.90 Å². The number of benzene rings is 2. The second-order valence-electron chi connectivity index (χ2n) is 6.65. The van der Waals surface area contributed by atoms with Gasteiger partial charge in [-0.1, -0.05) is 48.5 Å². The zero-order valence-corrected chi connectivity index (χ0v) is 17.4. The Morgan fingerprint density at radius 1 is 1.00 bits per heavy atom. The van der Waals surface area contributed by atoms with Gasteiger partial charge >= 0.3 is 0 Å². The summed E-state index contributed by atoms with van der Waals surface area (Å²) in [7, 11) is 0. The van der Waals surface area contributed by atoms with E-state index in [1.165, 1.54) is 5.69 Å². The van der Waals surface area contributed by atoms with Gasteiger partial charge in [-0.15, -0.1) is 0 Å². The molecule has 5 nitrogen and oxygen atoms in total. The Bertz CT molecular complexity index is 800. The number of carbonyl (C=O) groups excluding carboxylic acids is 1. The molecule has 0 aromatic heterocycles. The second-order valence-corrected chi connectivity index (χ2v) is 7.56. The van der Waals surface area contributed by atoms with Crippen molar-refractivity contribution in [2.45, 2.75) is 6.42 Å². The van der Waals surface area contributed by atoms with Gasteiger partial charge in [0, 0.05) is 49.3 Å². The Labute approximate surface area is 174 Å². The number of allylic oxidation sites excluding steroid dienone is 1. The Morgan fingerprint density at radius 2 is 1.64 bits per heavy atom. The maximum absolute atomic E-state index is 12.0. The maximum atomic E-state index is 12.0. The first kappa shape index (κ1) is 20.3. The van der Waals surface area contributed by atoms with Gasteiger partial charge in [-0.2, -0.15) is 5.10 Å². The highest BCUT2D eigenvalue weighted by molar-refractivity contribution is 9.12. The fraction of sp³-hybridized carbons (Fsp3) is 0.273. The zero-order valence-electron chi connectivity index (χ0n) is 15.8. The van der Waals surface area contributed by atoms with Crippen molar-refractivity contribution in [3.63, 3.8) is 0 Å². The Morgan fingerprint density at radius 3 is 2.32 bits per heavy atom. The van der Waals surface area contributed by atoms with Crippen LogP contribution in [0.3, 0.4) is 0 Å². The largest absolute Gasteiger partial charge is 0.369 e. The summed E-state index contributed by atoms with van der Waals surface area (Å²) in [5, 5.41) is 4.02. The van der Waals surface area contributed by atoms with Gasteiger partial charge in [0.05, 0.1) is 6.21 Å². The molecule has 0 unspecified atom stereocenters. The normalized spacial score (nSPS) is 15.8. The molecule has 3 rings (SSSR count). The number of nitrogens with one attached hydrogen (secondary N) is 1. The number of piperazine rings is 1. The topological polar surface area (TPSA) is 47.9 Å². The minimum atomic E-state index is -0.0678. The lowest BCUT2D eigenvalue weighted by molar-refractivity contribution is -0.121. The molecule has 1 saturated heterocycles. The number of hydrazone groups is 1. The van der Waals surface area contributed by atoms with E-state index in [4.69, 9.17) is 0 Å². The molecular weight excluding hydrogens is 416 g/mol. The van der Waals surface area contributed by atoms with Crippen molar-refractivity contribution in [3.8, 4) is 0 Å². The number of halogens is 1. The molecule has 2 aromatic carbocycles. The van der Waals surface area contributed by atoms with Crippen molar-refractivity contribution in [3.05, 3.63) is 70.7 Å². The van der Waals surface area contributed by atoms with Crippen molar-refractivity contribution in [2.24, 2.45) is 5.10 Å². The summed E-state index contributed by atoms with van der Waals surface area (Å²) in [6, 6.07) is 20.4. The van der Waals surface area contributed by atoms with E-state index in [1.807, 2.05) is 42.5 Å². The second kappa shape index (κ2) is 10.8. The van der Waals surface area contributed by atoms with Crippen LogP contribution < -0.4 is 10.3 Å². The molecule has 0 radical (unpaired) electrons. The number of hydrogen-bond donors (Lipinski definition) is 1. The molecule has 0 atom stereocenters. The molecule has 1 N–H and O–H groups in total. The smallest absolute Gasteiger partial charge is 0.241 e. The third-order valence-corrected chi connectivity index (χ3v) is 5.06. The molecule has 1 amide bonds. The Kier molecular flexibility index (Phi) is 7.82. The number of amides is 1. The highest BCUT2D eigenvalue weighted by Gasteiger charge is 2.17. The van der Waals surface area contributed by atoms with Crippen LogP contribution in [-0.4, -0.2) is 49.7 Å². The molecule has 0 bridgehead atoms. The maximum Gasteiger partial charge on any atom is 0.241 e. The zero-order chi connectivity index (χ0) is 19.6. The number of para-hydroxylation sites is 1. The van der Waals surface area contributed by atoms with E-state index in [0.29, 0.717) is 6.42 Å². The summed E-state index contributed by atoms with van der Waals surface area (Å²) >= 11 is 3.44. The molecule has 146 valence electrons. The summed E-state index contributed by atoms with van der Waals surface area (Å²) in [5.74, 6) is -0.0678. The molecule has 1 heterocycles. The van der Waals surface area contributed by atoms with E-state index in [0.717, 1.165) is 42.8 Å². The first-order valence-electron chi connectivity index (χ1n) is 9.47. The average molecular weight is 441 g/mol. The molecule has 0 aliphatic carbocycles. The fourth-order valence-corrected chi connectivity index (χ4v) is 3.46. The van der Waals surface area contributed by atoms with E-state index < -0.39 is 0 Å². The van der Waals surface area contributed by atoms with Gasteiger partial charge in [0.25, 0.3) is 0 Å². The number of nitrogens with zero attached hydrogens (tertiary/aromatic N) is 3. The van der Waals surface area contributed by atoms with Gasteiger partial charge in [-0.3, -0.25) is 9.69 Å². The minimum absolute atomic E-state index is 0.0678. The van der Waals surface area contributed by atoms with Crippen molar-refractivity contribution in [1.82, 2.24) is 10.3 Å². The number of carbonyl (C=O) groups is 1. The third kappa shape index (κ3) is 6.62. The molecule has 0 saturated carbocycles. The van der Waals surface area contributed by atoms with Gasteiger partial charge in [0.2, 0.25) is 5.91 Å². The van der Waals surface area contributed by atoms with Gasteiger partial charge in [0.1, 0.15) is 0 Å². The first-order chi connectivity index (χ1) is 13.7. The van der Waals surface area contributed by atoms with Gasteiger partial charge in [-0.05, 0) is 39.7 Å². The lowest BCUT2D eigenvalue weighted by Gasteiger charge is -2.36.